The minimum absolute atomic E-state index is 0.147. The van der Waals surface area contributed by atoms with Crippen LogP contribution in [0.15, 0.2) is 60.9 Å². The second kappa shape index (κ2) is 8.09. The average molecular weight is 394 g/mol. The van der Waals surface area contributed by atoms with Crippen molar-refractivity contribution in [3.63, 3.8) is 0 Å². The number of benzene rings is 2. The first-order valence-corrected chi connectivity index (χ1v) is 9.19. The molecule has 0 aliphatic carbocycles. The van der Waals surface area contributed by atoms with Crippen LogP contribution < -0.4 is 15.1 Å². The van der Waals surface area contributed by atoms with Crippen molar-refractivity contribution in [1.82, 2.24) is 9.97 Å². The predicted octanol–water partition coefficient (Wildman–Crippen LogP) is 3.59. The number of hydrogen-bond donors (Lipinski definition) is 1. The summed E-state index contributed by atoms with van der Waals surface area (Å²) in [6.45, 7) is 2.41. The summed E-state index contributed by atoms with van der Waals surface area (Å²) in [7, 11) is 0. The molecule has 1 fully saturated rings. The van der Waals surface area contributed by atoms with Crippen LogP contribution >= 0.6 is 0 Å². The molecule has 29 heavy (non-hydrogen) atoms. The zero-order chi connectivity index (χ0) is 20.2. The van der Waals surface area contributed by atoms with Crippen molar-refractivity contribution < 1.29 is 9.31 Å². The lowest BCUT2D eigenvalue weighted by molar-refractivity contribution is -0.383. The van der Waals surface area contributed by atoms with Crippen molar-refractivity contribution in [2.75, 3.05) is 41.3 Å². The molecule has 0 amide bonds. The summed E-state index contributed by atoms with van der Waals surface area (Å²) < 4.78 is 13.1. The Bertz CT molecular complexity index is 992. The highest BCUT2D eigenvalue weighted by Crippen LogP contribution is 2.34. The lowest BCUT2D eigenvalue weighted by atomic mass is 10.2. The van der Waals surface area contributed by atoms with Gasteiger partial charge in [0.1, 0.15) is 12.1 Å². The number of piperazine rings is 1. The Hall–Kier alpha value is -3.75. The van der Waals surface area contributed by atoms with E-state index in [2.05, 4.69) is 20.2 Å². The van der Waals surface area contributed by atoms with E-state index >= 15 is 0 Å². The van der Waals surface area contributed by atoms with Crippen molar-refractivity contribution in [2.24, 2.45) is 0 Å². The summed E-state index contributed by atoms with van der Waals surface area (Å²) in [4.78, 5) is 23.6. The molecule has 1 saturated heterocycles. The highest BCUT2D eigenvalue weighted by molar-refractivity contribution is 5.74. The summed E-state index contributed by atoms with van der Waals surface area (Å²) in [6, 6.07) is 15.5. The monoisotopic (exact) mass is 394 g/mol. The minimum atomic E-state index is -0.451. The Morgan fingerprint density at radius 1 is 0.931 bits per heavy atom. The van der Waals surface area contributed by atoms with Gasteiger partial charge in [0.15, 0.2) is 0 Å². The molecular formula is C20H19FN6O2. The minimum Gasteiger partial charge on any atom is -0.368 e. The Morgan fingerprint density at radius 3 is 2.24 bits per heavy atom. The fourth-order valence-corrected chi connectivity index (χ4v) is 3.35. The van der Waals surface area contributed by atoms with Crippen molar-refractivity contribution in [3.8, 4) is 0 Å². The van der Waals surface area contributed by atoms with Crippen LogP contribution in [0.2, 0.25) is 0 Å². The predicted molar refractivity (Wildman–Crippen MR) is 109 cm³/mol. The van der Waals surface area contributed by atoms with E-state index in [0.717, 1.165) is 5.69 Å². The van der Waals surface area contributed by atoms with E-state index in [4.69, 9.17) is 0 Å². The first kappa shape index (κ1) is 18.6. The van der Waals surface area contributed by atoms with Crippen LogP contribution in [0.1, 0.15) is 0 Å². The molecule has 0 saturated carbocycles. The highest BCUT2D eigenvalue weighted by atomic mass is 19.1. The van der Waals surface area contributed by atoms with E-state index < -0.39 is 4.92 Å². The van der Waals surface area contributed by atoms with Gasteiger partial charge in [0, 0.05) is 37.6 Å². The summed E-state index contributed by atoms with van der Waals surface area (Å²) >= 11 is 0. The quantitative estimate of drug-likeness (QED) is 0.523. The van der Waals surface area contributed by atoms with Gasteiger partial charge in [-0.05, 0) is 36.4 Å². The third kappa shape index (κ3) is 4.08. The SMILES string of the molecule is O=[N+]([O-])c1c(Nc2ccccc2)ncnc1N1CCN(c2ccc(F)cc2)CC1. The number of nitrogens with one attached hydrogen (secondary N) is 1. The number of rotatable bonds is 5. The Balaban J connectivity index is 1.55. The molecule has 9 heteroatoms. The van der Waals surface area contributed by atoms with Gasteiger partial charge >= 0.3 is 5.69 Å². The molecule has 2 aromatic carbocycles. The van der Waals surface area contributed by atoms with Crippen LogP contribution in [-0.4, -0.2) is 41.1 Å². The van der Waals surface area contributed by atoms with Crippen molar-refractivity contribution in [2.45, 2.75) is 0 Å². The second-order valence-electron chi connectivity index (χ2n) is 6.59. The molecule has 148 valence electrons. The van der Waals surface area contributed by atoms with Gasteiger partial charge in [0.2, 0.25) is 11.6 Å². The lowest BCUT2D eigenvalue weighted by Crippen LogP contribution is -2.47. The van der Waals surface area contributed by atoms with E-state index in [1.807, 2.05) is 35.2 Å². The number of aromatic nitrogens is 2. The van der Waals surface area contributed by atoms with Gasteiger partial charge in [-0.25, -0.2) is 14.4 Å². The zero-order valence-electron chi connectivity index (χ0n) is 15.5. The normalized spacial score (nSPS) is 14.0. The van der Waals surface area contributed by atoms with E-state index in [1.165, 1.54) is 18.5 Å². The molecule has 1 aliphatic heterocycles. The maximum Gasteiger partial charge on any atom is 0.353 e. The fraction of sp³-hybridized carbons (Fsp3) is 0.200. The van der Waals surface area contributed by atoms with Gasteiger partial charge < -0.3 is 15.1 Å². The van der Waals surface area contributed by atoms with Gasteiger partial charge in [-0.1, -0.05) is 18.2 Å². The average Bonchev–Trinajstić information content (AvgIpc) is 2.75. The molecule has 4 rings (SSSR count). The number of halogens is 1. The molecule has 0 unspecified atom stereocenters. The zero-order valence-corrected chi connectivity index (χ0v) is 15.5. The number of hydrogen-bond acceptors (Lipinski definition) is 7. The molecule has 2 heterocycles. The van der Waals surface area contributed by atoms with E-state index in [0.29, 0.717) is 37.7 Å². The first-order chi connectivity index (χ1) is 14.1. The largest absolute Gasteiger partial charge is 0.368 e. The van der Waals surface area contributed by atoms with Gasteiger partial charge in [0.25, 0.3) is 0 Å². The highest BCUT2D eigenvalue weighted by Gasteiger charge is 2.29. The number of nitro groups is 1. The van der Waals surface area contributed by atoms with Crippen LogP contribution in [0.5, 0.6) is 0 Å². The Kier molecular flexibility index (Phi) is 5.19. The Labute approximate surface area is 166 Å². The molecule has 0 radical (unpaired) electrons. The van der Waals surface area contributed by atoms with Gasteiger partial charge in [-0.2, -0.15) is 0 Å². The topological polar surface area (TPSA) is 87.4 Å². The molecule has 3 aromatic rings. The molecule has 1 N–H and O–H groups in total. The van der Waals surface area contributed by atoms with Gasteiger partial charge in [-0.15, -0.1) is 0 Å². The summed E-state index contributed by atoms with van der Waals surface area (Å²) in [5, 5.41) is 14.8. The lowest BCUT2D eigenvalue weighted by Gasteiger charge is -2.36. The van der Waals surface area contributed by atoms with Gasteiger partial charge in [-0.3, -0.25) is 10.1 Å². The molecular weight excluding hydrogens is 375 g/mol. The molecule has 8 nitrogen and oxygen atoms in total. The van der Waals surface area contributed by atoms with Crippen molar-refractivity contribution in [3.05, 3.63) is 76.9 Å². The smallest absolute Gasteiger partial charge is 0.353 e. The number of nitrogens with zero attached hydrogens (tertiary/aromatic N) is 5. The number of para-hydroxylation sites is 1. The Morgan fingerprint density at radius 2 is 1.59 bits per heavy atom. The number of anilines is 4. The molecule has 0 atom stereocenters. The molecule has 0 bridgehead atoms. The first-order valence-electron chi connectivity index (χ1n) is 9.19. The summed E-state index contributed by atoms with van der Waals surface area (Å²) in [5.74, 6) is 0.178. The molecule has 1 aliphatic rings. The molecule has 1 aromatic heterocycles. The maximum atomic E-state index is 13.1. The van der Waals surface area contributed by atoms with Crippen LogP contribution in [0.25, 0.3) is 0 Å². The van der Waals surface area contributed by atoms with Crippen LogP contribution in [0, 0.1) is 15.9 Å². The third-order valence-corrected chi connectivity index (χ3v) is 4.79. The van der Waals surface area contributed by atoms with Crippen molar-refractivity contribution in [1.29, 1.82) is 0 Å². The summed E-state index contributed by atoms with van der Waals surface area (Å²) in [6.07, 6.45) is 1.33. The van der Waals surface area contributed by atoms with E-state index in [-0.39, 0.29) is 17.3 Å². The summed E-state index contributed by atoms with van der Waals surface area (Å²) in [5.41, 5.74) is 1.49. The van der Waals surface area contributed by atoms with Crippen LogP contribution in [0.4, 0.5) is 33.1 Å². The standard InChI is InChI=1S/C20H19FN6O2/c21-15-6-8-17(9-7-15)25-10-12-26(13-11-25)20-18(27(28)29)19(22-14-23-20)24-16-4-2-1-3-5-16/h1-9,14H,10-13H2,(H,22,23,24). The maximum absolute atomic E-state index is 13.1. The van der Waals surface area contributed by atoms with Crippen LogP contribution in [0.3, 0.4) is 0 Å². The van der Waals surface area contributed by atoms with Crippen molar-refractivity contribution >= 4 is 28.7 Å². The van der Waals surface area contributed by atoms with Crippen LogP contribution in [-0.2, 0) is 0 Å². The third-order valence-electron chi connectivity index (χ3n) is 4.79. The van der Waals surface area contributed by atoms with E-state index in [1.54, 1.807) is 12.1 Å². The van der Waals surface area contributed by atoms with Gasteiger partial charge in [0.05, 0.1) is 4.92 Å². The molecule has 0 spiro atoms. The second-order valence-corrected chi connectivity index (χ2v) is 6.59. The fourth-order valence-electron chi connectivity index (χ4n) is 3.35. The van der Waals surface area contributed by atoms with E-state index in [9.17, 15) is 14.5 Å².